The zero-order valence-electron chi connectivity index (χ0n) is 12.6. The van der Waals surface area contributed by atoms with Crippen LogP contribution in [-0.2, 0) is 0 Å². The Labute approximate surface area is 127 Å². The van der Waals surface area contributed by atoms with Gasteiger partial charge in [-0.05, 0) is 31.5 Å². The van der Waals surface area contributed by atoms with Crippen LogP contribution in [0.1, 0.15) is 26.7 Å². The van der Waals surface area contributed by atoms with Crippen molar-refractivity contribution in [2.45, 2.75) is 32.2 Å². The molecule has 1 aromatic rings. The predicted octanol–water partition coefficient (Wildman–Crippen LogP) is 2.98. The highest BCUT2D eigenvalue weighted by Crippen LogP contribution is 2.21. The number of benzene rings is 1. The van der Waals surface area contributed by atoms with E-state index in [0.29, 0.717) is 0 Å². The Kier molecular flexibility index (Phi) is 5.30. The molecule has 0 aliphatic carbocycles. The second-order valence-corrected chi connectivity index (χ2v) is 6.58. The molecule has 1 unspecified atom stereocenters. The first-order valence-corrected chi connectivity index (χ1v) is 7.90. The van der Waals surface area contributed by atoms with E-state index in [1.54, 1.807) is 0 Å². The number of nitrogens with zero attached hydrogens (tertiary/aromatic N) is 2. The molecule has 0 saturated carbocycles. The van der Waals surface area contributed by atoms with Gasteiger partial charge in [0.05, 0.1) is 0 Å². The van der Waals surface area contributed by atoms with E-state index in [0.717, 1.165) is 50.6 Å². The van der Waals surface area contributed by atoms with Crippen LogP contribution in [0.5, 0.6) is 0 Å². The van der Waals surface area contributed by atoms with Gasteiger partial charge in [-0.1, -0.05) is 31.0 Å². The van der Waals surface area contributed by atoms with Crippen LogP contribution in [0.25, 0.3) is 0 Å². The summed E-state index contributed by atoms with van der Waals surface area (Å²) in [6.07, 6.45) is 2.23. The molecule has 0 amide bonds. The molecule has 1 saturated heterocycles. The molecule has 2 N–H and O–H groups in total. The number of hydrogen-bond acceptors (Lipinski definition) is 3. The first-order chi connectivity index (χ1) is 9.50. The van der Waals surface area contributed by atoms with Gasteiger partial charge in [-0.25, -0.2) is 0 Å². The molecule has 2 rings (SSSR count). The summed E-state index contributed by atoms with van der Waals surface area (Å²) in [4.78, 5) is 4.88. The van der Waals surface area contributed by atoms with E-state index in [1.165, 1.54) is 5.69 Å². The molecular weight excluding hydrogens is 270 g/mol. The van der Waals surface area contributed by atoms with Gasteiger partial charge in [-0.3, -0.25) is 4.90 Å². The van der Waals surface area contributed by atoms with Gasteiger partial charge in [0, 0.05) is 49.0 Å². The molecule has 112 valence electrons. The lowest BCUT2D eigenvalue weighted by atomic mass is 9.96. The molecule has 0 bridgehead atoms. The minimum Gasteiger partial charge on any atom is -0.369 e. The third kappa shape index (κ3) is 4.37. The standard InChI is InChI=1S/C16H26ClN3/c1-3-7-16(2,18)13-19-8-10-20(11-9-19)15-6-4-5-14(17)12-15/h4-6,12H,3,7-11,13,18H2,1-2H3. The molecule has 0 radical (unpaired) electrons. The Balaban J connectivity index is 1.86. The fraction of sp³-hybridized carbons (Fsp3) is 0.625. The maximum Gasteiger partial charge on any atom is 0.0426 e. The fourth-order valence-electron chi connectivity index (χ4n) is 3.00. The zero-order chi connectivity index (χ0) is 14.6. The highest BCUT2D eigenvalue weighted by molar-refractivity contribution is 6.30. The van der Waals surface area contributed by atoms with Crippen molar-refractivity contribution in [1.82, 2.24) is 4.90 Å². The first-order valence-electron chi connectivity index (χ1n) is 7.52. The SMILES string of the molecule is CCCC(C)(N)CN1CCN(c2cccc(Cl)c2)CC1. The lowest BCUT2D eigenvalue weighted by Gasteiger charge is -2.39. The summed E-state index contributed by atoms with van der Waals surface area (Å²) in [5.41, 5.74) is 7.51. The molecule has 0 aromatic heterocycles. The molecule has 1 atom stereocenters. The minimum absolute atomic E-state index is 0.0625. The van der Waals surface area contributed by atoms with Crippen molar-refractivity contribution in [3.8, 4) is 0 Å². The van der Waals surface area contributed by atoms with Crippen LogP contribution in [0.2, 0.25) is 5.02 Å². The Morgan fingerprint density at radius 2 is 1.95 bits per heavy atom. The van der Waals surface area contributed by atoms with E-state index >= 15 is 0 Å². The van der Waals surface area contributed by atoms with E-state index in [-0.39, 0.29) is 5.54 Å². The second kappa shape index (κ2) is 6.79. The highest BCUT2D eigenvalue weighted by Gasteiger charge is 2.24. The lowest BCUT2D eigenvalue weighted by Crippen LogP contribution is -2.54. The summed E-state index contributed by atoms with van der Waals surface area (Å²) in [5, 5.41) is 0.808. The van der Waals surface area contributed by atoms with Crippen LogP contribution in [0, 0.1) is 0 Å². The third-order valence-electron chi connectivity index (χ3n) is 3.95. The van der Waals surface area contributed by atoms with Crippen LogP contribution in [0.3, 0.4) is 0 Å². The van der Waals surface area contributed by atoms with Gasteiger partial charge in [0.1, 0.15) is 0 Å². The van der Waals surface area contributed by atoms with Crippen molar-refractivity contribution in [2.75, 3.05) is 37.6 Å². The molecule has 20 heavy (non-hydrogen) atoms. The van der Waals surface area contributed by atoms with Gasteiger partial charge in [0.15, 0.2) is 0 Å². The third-order valence-corrected chi connectivity index (χ3v) is 4.19. The molecule has 1 heterocycles. The van der Waals surface area contributed by atoms with Gasteiger partial charge in [0.2, 0.25) is 0 Å². The Bertz CT molecular complexity index is 425. The van der Waals surface area contributed by atoms with E-state index in [2.05, 4.69) is 29.7 Å². The minimum atomic E-state index is -0.0625. The Hall–Kier alpha value is -0.770. The lowest BCUT2D eigenvalue weighted by molar-refractivity contribution is 0.199. The monoisotopic (exact) mass is 295 g/mol. The maximum atomic E-state index is 6.35. The Morgan fingerprint density at radius 3 is 2.55 bits per heavy atom. The fourth-order valence-corrected chi connectivity index (χ4v) is 3.18. The van der Waals surface area contributed by atoms with Gasteiger partial charge >= 0.3 is 0 Å². The summed E-state index contributed by atoms with van der Waals surface area (Å²) < 4.78 is 0. The number of rotatable bonds is 5. The summed E-state index contributed by atoms with van der Waals surface area (Å²) in [6.45, 7) is 9.59. The molecule has 1 aliphatic rings. The van der Waals surface area contributed by atoms with Gasteiger partial charge in [-0.15, -0.1) is 0 Å². The van der Waals surface area contributed by atoms with Crippen LogP contribution >= 0.6 is 11.6 Å². The van der Waals surface area contributed by atoms with Gasteiger partial charge in [-0.2, -0.15) is 0 Å². The molecular formula is C16H26ClN3. The van der Waals surface area contributed by atoms with Crippen LogP contribution in [0.15, 0.2) is 24.3 Å². The molecule has 4 heteroatoms. The Morgan fingerprint density at radius 1 is 1.25 bits per heavy atom. The van der Waals surface area contributed by atoms with E-state index in [4.69, 9.17) is 17.3 Å². The summed E-state index contributed by atoms with van der Waals surface area (Å²) in [6, 6.07) is 8.11. The van der Waals surface area contributed by atoms with E-state index < -0.39 is 0 Å². The van der Waals surface area contributed by atoms with Gasteiger partial charge < -0.3 is 10.6 Å². The van der Waals surface area contributed by atoms with Crippen molar-refractivity contribution in [3.05, 3.63) is 29.3 Å². The summed E-state index contributed by atoms with van der Waals surface area (Å²) >= 11 is 6.06. The number of hydrogen-bond donors (Lipinski definition) is 1. The predicted molar refractivity (Wildman–Crippen MR) is 87.6 cm³/mol. The van der Waals surface area contributed by atoms with E-state index in [9.17, 15) is 0 Å². The maximum absolute atomic E-state index is 6.35. The normalized spacial score (nSPS) is 19.9. The van der Waals surface area contributed by atoms with Crippen molar-refractivity contribution in [1.29, 1.82) is 0 Å². The average Bonchev–Trinajstić information content (AvgIpc) is 2.39. The quantitative estimate of drug-likeness (QED) is 0.906. The zero-order valence-corrected chi connectivity index (χ0v) is 13.4. The van der Waals surface area contributed by atoms with Crippen molar-refractivity contribution >= 4 is 17.3 Å². The highest BCUT2D eigenvalue weighted by atomic mass is 35.5. The topological polar surface area (TPSA) is 32.5 Å². The number of nitrogens with two attached hydrogens (primary N) is 1. The van der Waals surface area contributed by atoms with Crippen LogP contribution in [-0.4, -0.2) is 43.2 Å². The smallest absolute Gasteiger partial charge is 0.0426 e. The molecule has 1 fully saturated rings. The van der Waals surface area contributed by atoms with Gasteiger partial charge in [0.25, 0.3) is 0 Å². The molecule has 1 aromatic carbocycles. The molecule has 0 spiro atoms. The molecule has 1 aliphatic heterocycles. The van der Waals surface area contributed by atoms with E-state index in [1.807, 2.05) is 18.2 Å². The van der Waals surface area contributed by atoms with Crippen molar-refractivity contribution in [3.63, 3.8) is 0 Å². The van der Waals surface area contributed by atoms with Crippen LogP contribution < -0.4 is 10.6 Å². The van der Waals surface area contributed by atoms with Crippen molar-refractivity contribution in [2.24, 2.45) is 5.73 Å². The first kappa shape index (κ1) is 15.6. The number of piperazine rings is 1. The number of anilines is 1. The average molecular weight is 296 g/mol. The van der Waals surface area contributed by atoms with Crippen molar-refractivity contribution < 1.29 is 0 Å². The van der Waals surface area contributed by atoms with Crippen LogP contribution in [0.4, 0.5) is 5.69 Å². The second-order valence-electron chi connectivity index (χ2n) is 6.15. The molecule has 3 nitrogen and oxygen atoms in total. The summed E-state index contributed by atoms with van der Waals surface area (Å²) in [7, 11) is 0. The number of halogens is 1. The summed E-state index contributed by atoms with van der Waals surface area (Å²) in [5.74, 6) is 0. The largest absolute Gasteiger partial charge is 0.369 e.